The van der Waals surface area contributed by atoms with Crippen molar-refractivity contribution >= 4 is 34.8 Å². The van der Waals surface area contributed by atoms with Crippen molar-refractivity contribution in [2.24, 2.45) is 0 Å². The fourth-order valence-corrected chi connectivity index (χ4v) is 2.68. The Labute approximate surface area is 135 Å². The molecule has 0 spiro atoms. The molecule has 4 nitrogen and oxygen atoms in total. The Morgan fingerprint density at radius 3 is 2.86 bits per heavy atom. The molecule has 1 heterocycles. The summed E-state index contributed by atoms with van der Waals surface area (Å²) in [5.41, 5.74) is 0.650. The minimum atomic E-state index is -0.0771. The molecule has 1 aromatic carbocycles. The van der Waals surface area contributed by atoms with Crippen molar-refractivity contribution in [1.29, 1.82) is 0 Å². The van der Waals surface area contributed by atoms with Gasteiger partial charge in [-0.1, -0.05) is 23.2 Å². The first-order chi connectivity index (χ1) is 10.0. The number of amides is 1. The van der Waals surface area contributed by atoms with Gasteiger partial charge in [-0.15, -0.1) is 0 Å². The van der Waals surface area contributed by atoms with E-state index in [1.54, 1.807) is 18.2 Å². The normalized spacial score (nSPS) is 18.8. The van der Waals surface area contributed by atoms with Crippen LogP contribution in [0, 0.1) is 0 Å². The molecule has 1 saturated heterocycles. The van der Waals surface area contributed by atoms with Crippen LogP contribution >= 0.6 is 23.2 Å². The molecule has 1 aromatic rings. The topological polar surface area (TPSA) is 41.6 Å². The highest BCUT2D eigenvalue weighted by molar-refractivity contribution is 6.42. The van der Waals surface area contributed by atoms with Gasteiger partial charge in [0.25, 0.3) is 0 Å². The molecule has 2 rings (SSSR count). The van der Waals surface area contributed by atoms with Gasteiger partial charge >= 0.3 is 0 Å². The molecular weight excluding hydrogens is 311 g/mol. The number of anilines is 1. The highest BCUT2D eigenvalue weighted by atomic mass is 35.5. The highest BCUT2D eigenvalue weighted by Crippen LogP contribution is 2.24. The summed E-state index contributed by atoms with van der Waals surface area (Å²) in [6.07, 6.45) is 3.65. The first-order valence-corrected chi connectivity index (χ1v) is 7.85. The van der Waals surface area contributed by atoms with Crippen molar-refractivity contribution in [2.45, 2.75) is 25.4 Å². The molecule has 1 fully saturated rings. The van der Waals surface area contributed by atoms with Gasteiger partial charge in [0.2, 0.25) is 5.91 Å². The molecule has 21 heavy (non-hydrogen) atoms. The zero-order valence-electron chi connectivity index (χ0n) is 12.1. The number of hydrogen-bond donors (Lipinski definition) is 1. The van der Waals surface area contributed by atoms with Gasteiger partial charge in [-0.3, -0.25) is 9.69 Å². The van der Waals surface area contributed by atoms with Gasteiger partial charge in [0.05, 0.1) is 22.7 Å². The molecule has 116 valence electrons. The zero-order valence-corrected chi connectivity index (χ0v) is 13.6. The quantitative estimate of drug-likeness (QED) is 0.899. The first-order valence-electron chi connectivity index (χ1n) is 7.09. The van der Waals surface area contributed by atoms with Crippen LogP contribution in [-0.2, 0) is 9.53 Å². The lowest BCUT2D eigenvalue weighted by Crippen LogP contribution is -2.37. The predicted octanol–water partition coefficient (Wildman–Crippen LogP) is 3.43. The number of benzene rings is 1. The second-order valence-electron chi connectivity index (χ2n) is 5.36. The van der Waals surface area contributed by atoms with Crippen LogP contribution in [0.4, 0.5) is 5.69 Å². The van der Waals surface area contributed by atoms with Crippen LogP contribution in [0.25, 0.3) is 0 Å². The molecular formula is C15H20Cl2N2O2. The summed E-state index contributed by atoms with van der Waals surface area (Å²) < 4.78 is 5.67. The smallest absolute Gasteiger partial charge is 0.238 e. The molecule has 1 amide bonds. The SMILES string of the molecule is CN(CC(=O)Nc1ccc(Cl)c(Cl)c1)C[C@@H]1CCCCO1. The lowest BCUT2D eigenvalue weighted by atomic mass is 10.1. The van der Waals surface area contributed by atoms with Gasteiger partial charge in [0.1, 0.15) is 0 Å². The van der Waals surface area contributed by atoms with Gasteiger partial charge in [0, 0.05) is 18.8 Å². The van der Waals surface area contributed by atoms with Crippen LogP contribution in [-0.4, -0.2) is 43.7 Å². The van der Waals surface area contributed by atoms with E-state index in [4.69, 9.17) is 27.9 Å². The summed E-state index contributed by atoms with van der Waals surface area (Å²) in [6.45, 7) is 1.92. The average Bonchev–Trinajstić information content (AvgIpc) is 2.43. The highest BCUT2D eigenvalue weighted by Gasteiger charge is 2.17. The monoisotopic (exact) mass is 330 g/mol. The summed E-state index contributed by atoms with van der Waals surface area (Å²) in [4.78, 5) is 14.0. The first kappa shape index (κ1) is 16.6. The van der Waals surface area contributed by atoms with E-state index in [9.17, 15) is 4.79 Å². The number of carbonyl (C=O) groups is 1. The number of likely N-dealkylation sites (N-methyl/N-ethyl adjacent to an activating group) is 1. The molecule has 1 aliphatic rings. The number of halogens is 2. The molecule has 0 aliphatic carbocycles. The van der Waals surface area contributed by atoms with Crippen LogP contribution in [0.1, 0.15) is 19.3 Å². The Hall–Kier alpha value is -0.810. The maximum absolute atomic E-state index is 12.0. The van der Waals surface area contributed by atoms with Crippen molar-refractivity contribution in [1.82, 2.24) is 4.90 Å². The van der Waals surface area contributed by atoms with Gasteiger partial charge < -0.3 is 10.1 Å². The van der Waals surface area contributed by atoms with Crippen molar-refractivity contribution in [3.8, 4) is 0 Å². The maximum atomic E-state index is 12.0. The molecule has 0 radical (unpaired) electrons. The summed E-state index contributed by atoms with van der Waals surface area (Å²) >= 11 is 11.8. The lowest BCUT2D eigenvalue weighted by Gasteiger charge is -2.27. The second-order valence-corrected chi connectivity index (χ2v) is 6.18. The second kappa shape index (κ2) is 7.99. The molecule has 1 N–H and O–H groups in total. The summed E-state index contributed by atoms with van der Waals surface area (Å²) in [7, 11) is 1.92. The van der Waals surface area contributed by atoms with Gasteiger partial charge in [-0.25, -0.2) is 0 Å². The van der Waals surface area contributed by atoms with Crippen molar-refractivity contribution < 1.29 is 9.53 Å². The van der Waals surface area contributed by atoms with Crippen LogP contribution in [0.15, 0.2) is 18.2 Å². The Morgan fingerprint density at radius 2 is 2.19 bits per heavy atom. The third kappa shape index (κ3) is 5.47. The summed E-state index contributed by atoms with van der Waals surface area (Å²) in [5, 5.41) is 3.72. The number of nitrogens with one attached hydrogen (secondary N) is 1. The van der Waals surface area contributed by atoms with Crippen molar-refractivity contribution in [3.05, 3.63) is 28.2 Å². The van der Waals surface area contributed by atoms with E-state index in [2.05, 4.69) is 5.32 Å². The number of nitrogens with zero attached hydrogens (tertiary/aromatic N) is 1. The number of ether oxygens (including phenoxy) is 1. The van der Waals surface area contributed by atoms with Crippen molar-refractivity contribution in [2.75, 3.05) is 32.1 Å². The lowest BCUT2D eigenvalue weighted by molar-refractivity contribution is -0.117. The predicted molar refractivity (Wildman–Crippen MR) is 86.2 cm³/mol. The number of rotatable bonds is 5. The van der Waals surface area contributed by atoms with Gasteiger partial charge in [0.15, 0.2) is 0 Å². The largest absolute Gasteiger partial charge is 0.377 e. The third-order valence-electron chi connectivity index (χ3n) is 3.41. The Morgan fingerprint density at radius 1 is 1.38 bits per heavy atom. The van der Waals surface area contributed by atoms with E-state index < -0.39 is 0 Å². The van der Waals surface area contributed by atoms with Crippen LogP contribution < -0.4 is 5.32 Å². The minimum Gasteiger partial charge on any atom is -0.377 e. The van der Waals surface area contributed by atoms with E-state index in [1.807, 2.05) is 11.9 Å². The van der Waals surface area contributed by atoms with Gasteiger partial charge in [-0.2, -0.15) is 0 Å². The number of hydrogen-bond acceptors (Lipinski definition) is 3. The Balaban J connectivity index is 1.78. The van der Waals surface area contributed by atoms with Crippen LogP contribution in [0.2, 0.25) is 10.0 Å². The molecule has 1 atom stereocenters. The van der Waals surface area contributed by atoms with Gasteiger partial charge in [-0.05, 0) is 44.5 Å². The fraction of sp³-hybridized carbons (Fsp3) is 0.533. The number of carbonyl (C=O) groups excluding carboxylic acids is 1. The minimum absolute atomic E-state index is 0.0771. The molecule has 1 aliphatic heterocycles. The van der Waals surface area contributed by atoms with Crippen LogP contribution in [0.3, 0.4) is 0 Å². The molecule has 0 aromatic heterocycles. The third-order valence-corrected chi connectivity index (χ3v) is 4.15. The van der Waals surface area contributed by atoms with Crippen LogP contribution in [0.5, 0.6) is 0 Å². The summed E-state index contributed by atoms with van der Waals surface area (Å²) in [6, 6.07) is 5.04. The molecule has 0 bridgehead atoms. The molecule has 6 heteroatoms. The van der Waals surface area contributed by atoms with Crippen molar-refractivity contribution in [3.63, 3.8) is 0 Å². The van der Waals surface area contributed by atoms with E-state index >= 15 is 0 Å². The fourth-order valence-electron chi connectivity index (χ4n) is 2.38. The zero-order chi connectivity index (χ0) is 15.2. The van der Waals surface area contributed by atoms with E-state index in [-0.39, 0.29) is 12.0 Å². The Bertz CT molecular complexity index is 491. The maximum Gasteiger partial charge on any atom is 0.238 e. The van der Waals surface area contributed by atoms with E-state index in [0.717, 1.165) is 26.0 Å². The van der Waals surface area contributed by atoms with E-state index in [0.29, 0.717) is 22.3 Å². The average molecular weight is 331 g/mol. The Kier molecular flexibility index (Phi) is 6.30. The molecule has 0 saturated carbocycles. The summed E-state index contributed by atoms with van der Waals surface area (Å²) in [5.74, 6) is -0.0771. The van der Waals surface area contributed by atoms with E-state index in [1.165, 1.54) is 6.42 Å². The molecule has 0 unspecified atom stereocenters. The standard InChI is InChI=1S/C15H20Cl2N2O2/c1-19(9-12-4-2-3-7-21-12)10-15(20)18-11-5-6-13(16)14(17)8-11/h5-6,8,12H,2-4,7,9-10H2,1H3,(H,18,20)/t12-/m0/s1.